The number of allylic oxidation sites excluding steroid dienone is 16. The Bertz CT molecular complexity index is 1670. The van der Waals surface area contributed by atoms with Crippen LogP contribution in [-0.2, 0) is 42.9 Å². The number of aliphatic hydroxyl groups excluding tert-OH is 2. The number of carbonyl (C=O) groups is 4. The Morgan fingerprint density at radius 1 is 0.453 bits per heavy atom. The van der Waals surface area contributed by atoms with Gasteiger partial charge in [-0.05, 0) is 116 Å². The average molecular weight is 1050 g/mol. The molecule has 0 bridgehead atoms. The van der Waals surface area contributed by atoms with Crippen LogP contribution in [0.2, 0.25) is 0 Å². The van der Waals surface area contributed by atoms with Crippen LogP contribution in [0, 0.1) is 0 Å². The number of carboxylic acids is 1. The number of hydrogen-bond acceptors (Lipinski definition) is 11. The minimum atomic E-state index is -1.92. The molecular weight excluding hydrogens is 949 g/mol. The molecule has 12 nitrogen and oxygen atoms in total. The van der Waals surface area contributed by atoms with Crippen LogP contribution in [0.3, 0.4) is 0 Å². The fourth-order valence-electron chi connectivity index (χ4n) is 8.19. The summed E-state index contributed by atoms with van der Waals surface area (Å²) in [6.07, 6.45) is 53.9. The Balaban J connectivity index is 2.71. The van der Waals surface area contributed by atoms with Gasteiger partial charge in [-0.3, -0.25) is 14.4 Å². The molecule has 6 atom stereocenters. The minimum Gasteiger partial charge on any atom is -0.479 e. The van der Waals surface area contributed by atoms with Crippen LogP contribution in [0.4, 0.5) is 0 Å². The number of carboxylic acid groups (broad SMARTS) is 1. The number of unbranched alkanes of at least 4 members (excludes halogenated alkanes) is 18. The standard InChI is InChI=1S/C63H102O12/c1-4-7-10-13-16-19-22-25-26-27-28-29-30-33-34-37-40-43-46-49-55(64)71-52-54(73-56(65)50-47-44-41-38-35-31-23-20-17-14-11-8-5-2)53-72-63-61(59(68)58(67)60(75-63)62(69)70)74-57(66)51-48-45-42-39-36-32-24-21-18-15-12-9-6-3/h8-9,11-12,16-21,25-26,31-32,35-36,54,58-61,63,67-68H,4-7,10,13-15,22-24,27-30,33-34,37-53H2,1-3H3,(H,69,70)/b11-8-,12-9-,19-16-,20-17-,21-18-,26-25-,35-31-,36-32-. The number of carbonyl (C=O) groups excluding carboxylic acids is 3. The van der Waals surface area contributed by atoms with Crippen molar-refractivity contribution in [2.24, 2.45) is 0 Å². The second-order valence-electron chi connectivity index (χ2n) is 19.5. The van der Waals surface area contributed by atoms with Crippen molar-refractivity contribution >= 4 is 23.9 Å². The molecule has 12 heteroatoms. The van der Waals surface area contributed by atoms with Crippen molar-refractivity contribution in [3.8, 4) is 0 Å². The van der Waals surface area contributed by atoms with Crippen LogP contribution < -0.4 is 0 Å². The van der Waals surface area contributed by atoms with E-state index in [1.807, 2.05) is 0 Å². The molecular formula is C63H102O12. The van der Waals surface area contributed by atoms with Gasteiger partial charge in [-0.2, -0.15) is 0 Å². The molecule has 0 aromatic heterocycles. The highest BCUT2D eigenvalue weighted by molar-refractivity contribution is 5.74. The molecule has 1 heterocycles. The van der Waals surface area contributed by atoms with Crippen LogP contribution in [0.25, 0.3) is 0 Å². The third kappa shape index (κ3) is 40.6. The van der Waals surface area contributed by atoms with Crippen molar-refractivity contribution < 1.29 is 58.2 Å². The normalized spacial score (nSPS) is 18.9. The monoisotopic (exact) mass is 1050 g/mol. The number of aliphatic carboxylic acids is 1. The van der Waals surface area contributed by atoms with E-state index in [9.17, 15) is 34.5 Å². The molecule has 1 saturated heterocycles. The van der Waals surface area contributed by atoms with Gasteiger partial charge in [-0.15, -0.1) is 0 Å². The molecule has 0 aromatic carbocycles. The lowest BCUT2D eigenvalue weighted by molar-refractivity contribution is -0.301. The number of esters is 3. The molecule has 1 rings (SSSR count). The summed E-state index contributed by atoms with van der Waals surface area (Å²) in [5.74, 6) is -3.21. The predicted octanol–water partition coefficient (Wildman–Crippen LogP) is 14.9. The van der Waals surface area contributed by atoms with E-state index in [2.05, 4.69) is 118 Å². The van der Waals surface area contributed by atoms with Crippen LogP contribution in [0.15, 0.2) is 97.2 Å². The van der Waals surface area contributed by atoms with Crippen molar-refractivity contribution in [2.45, 2.75) is 263 Å². The highest BCUT2D eigenvalue weighted by Gasteiger charge is 2.50. The second kappa shape index (κ2) is 50.5. The Labute approximate surface area is 453 Å². The molecule has 6 unspecified atom stereocenters. The molecule has 1 aliphatic rings. The summed E-state index contributed by atoms with van der Waals surface area (Å²) < 4.78 is 28.3. The molecule has 0 saturated carbocycles. The van der Waals surface area contributed by atoms with E-state index < -0.39 is 67.3 Å². The zero-order chi connectivity index (χ0) is 54.7. The van der Waals surface area contributed by atoms with Gasteiger partial charge in [0.25, 0.3) is 0 Å². The molecule has 1 aliphatic heterocycles. The molecule has 75 heavy (non-hydrogen) atoms. The Kier molecular flexibility index (Phi) is 46.2. The molecule has 0 aliphatic carbocycles. The number of hydrogen-bond donors (Lipinski definition) is 3. The van der Waals surface area contributed by atoms with E-state index in [4.69, 9.17) is 23.7 Å². The number of aliphatic hydroxyl groups is 2. The average Bonchev–Trinajstić information content (AvgIpc) is 3.39. The molecule has 0 aromatic rings. The third-order valence-corrected chi connectivity index (χ3v) is 12.6. The molecule has 0 spiro atoms. The summed E-state index contributed by atoms with van der Waals surface area (Å²) in [4.78, 5) is 51.1. The quantitative estimate of drug-likeness (QED) is 0.0228. The summed E-state index contributed by atoms with van der Waals surface area (Å²) >= 11 is 0. The zero-order valence-electron chi connectivity index (χ0n) is 46.8. The fourth-order valence-corrected chi connectivity index (χ4v) is 8.19. The van der Waals surface area contributed by atoms with Crippen molar-refractivity contribution in [3.63, 3.8) is 0 Å². The van der Waals surface area contributed by atoms with Crippen molar-refractivity contribution in [3.05, 3.63) is 97.2 Å². The van der Waals surface area contributed by atoms with Gasteiger partial charge in [0, 0.05) is 19.3 Å². The summed E-state index contributed by atoms with van der Waals surface area (Å²) in [6, 6.07) is 0. The van der Waals surface area contributed by atoms with Crippen LogP contribution in [-0.4, -0.2) is 89.2 Å². The molecule has 426 valence electrons. The Hall–Kier alpha value is -4.36. The maximum absolute atomic E-state index is 13.1. The third-order valence-electron chi connectivity index (χ3n) is 12.6. The summed E-state index contributed by atoms with van der Waals surface area (Å²) in [7, 11) is 0. The topological polar surface area (TPSA) is 175 Å². The van der Waals surface area contributed by atoms with Gasteiger partial charge >= 0.3 is 23.9 Å². The first-order valence-corrected chi connectivity index (χ1v) is 29.2. The molecule has 3 N–H and O–H groups in total. The van der Waals surface area contributed by atoms with E-state index >= 15 is 0 Å². The number of ether oxygens (including phenoxy) is 5. The summed E-state index contributed by atoms with van der Waals surface area (Å²) in [5.41, 5.74) is 0. The lowest BCUT2D eigenvalue weighted by Gasteiger charge is -2.40. The van der Waals surface area contributed by atoms with Crippen molar-refractivity contribution in [1.82, 2.24) is 0 Å². The number of rotatable bonds is 48. The molecule has 0 amide bonds. The maximum atomic E-state index is 13.1. The Morgan fingerprint density at radius 2 is 0.840 bits per heavy atom. The lowest BCUT2D eigenvalue weighted by atomic mass is 9.98. The smallest absolute Gasteiger partial charge is 0.335 e. The second-order valence-corrected chi connectivity index (χ2v) is 19.5. The van der Waals surface area contributed by atoms with E-state index in [-0.39, 0.29) is 25.9 Å². The highest BCUT2D eigenvalue weighted by Crippen LogP contribution is 2.26. The van der Waals surface area contributed by atoms with Crippen molar-refractivity contribution in [1.29, 1.82) is 0 Å². The van der Waals surface area contributed by atoms with Crippen LogP contribution in [0.1, 0.15) is 226 Å². The molecule has 0 radical (unpaired) electrons. The van der Waals surface area contributed by atoms with Gasteiger partial charge < -0.3 is 39.0 Å². The van der Waals surface area contributed by atoms with Gasteiger partial charge in [-0.1, -0.05) is 189 Å². The first-order chi connectivity index (χ1) is 36.6. The van der Waals surface area contributed by atoms with Gasteiger partial charge in [0.2, 0.25) is 0 Å². The van der Waals surface area contributed by atoms with E-state index in [1.54, 1.807) is 0 Å². The van der Waals surface area contributed by atoms with Gasteiger partial charge in [0.05, 0.1) is 6.61 Å². The van der Waals surface area contributed by atoms with Gasteiger partial charge in [0.1, 0.15) is 18.8 Å². The maximum Gasteiger partial charge on any atom is 0.335 e. The Morgan fingerprint density at radius 3 is 1.29 bits per heavy atom. The predicted molar refractivity (Wildman–Crippen MR) is 303 cm³/mol. The summed E-state index contributed by atoms with van der Waals surface area (Å²) in [6.45, 7) is 5.68. The lowest BCUT2D eigenvalue weighted by Crippen LogP contribution is -2.61. The van der Waals surface area contributed by atoms with E-state index in [0.717, 1.165) is 109 Å². The van der Waals surface area contributed by atoms with Gasteiger partial charge in [-0.25, -0.2) is 4.79 Å². The van der Waals surface area contributed by atoms with E-state index in [1.165, 1.54) is 57.8 Å². The van der Waals surface area contributed by atoms with E-state index in [0.29, 0.717) is 19.3 Å². The first-order valence-electron chi connectivity index (χ1n) is 29.2. The van der Waals surface area contributed by atoms with Gasteiger partial charge in [0.15, 0.2) is 24.6 Å². The zero-order valence-corrected chi connectivity index (χ0v) is 46.8. The minimum absolute atomic E-state index is 0.0172. The van der Waals surface area contributed by atoms with Crippen molar-refractivity contribution in [2.75, 3.05) is 13.2 Å². The van der Waals surface area contributed by atoms with Crippen LogP contribution >= 0.6 is 0 Å². The molecule has 1 fully saturated rings. The SMILES string of the molecule is CC/C=C\C/C=C\C/C=C\CCCCCC(=O)OC(COC(=O)CCCCCCCCCCC/C=C\C/C=C\CCCCC)COC1OC(C(=O)O)C(O)C(O)C1OC(=O)CCCCC/C=C\C/C=C\C/C=C\CC. The fraction of sp³-hybridized carbons (Fsp3) is 0.683. The van der Waals surface area contributed by atoms with Crippen LogP contribution in [0.5, 0.6) is 0 Å². The first kappa shape index (κ1) is 68.7. The highest BCUT2D eigenvalue weighted by atomic mass is 16.7. The largest absolute Gasteiger partial charge is 0.479 e. The summed E-state index contributed by atoms with van der Waals surface area (Å²) in [5, 5.41) is 31.4.